The van der Waals surface area contributed by atoms with Gasteiger partial charge in [-0.1, -0.05) is 6.07 Å². The topological polar surface area (TPSA) is 58.2 Å². The number of carbonyl (C=O) groups excluding carboxylic acids is 2. The second-order valence-electron chi connectivity index (χ2n) is 3.54. The molecule has 4 nitrogen and oxygen atoms in total. The number of amides is 2. The molecule has 2 N–H and O–H groups in total. The lowest BCUT2D eigenvalue weighted by atomic mass is 10.2. The number of thiophene rings is 1. The zero-order chi connectivity index (χ0) is 12.0. The molecule has 0 radical (unpaired) electrons. The molecule has 0 aliphatic rings. The van der Waals surface area contributed by atoms with Crippen LogP contribution >= 0.6 is 11.3 Å². The van der Waals surface area contributed by atoms with Gasteiger partial charge < -0.3 is 10.6 Å². The molecule has 16 heavy (non-hydrogen) atoms. The van der Waals surface area contributed by atoms with Gasteiger partial charge >= 0.3 is 0 Å². The van der Waals surface area contributed by atoms with Crippen molar-refractivity contribution in [2.75, 3.05) is 6.54 Å². The molecule has 1 aromatic heterocycles. The van der Waals surface area contributed by atoms with Crippen molar-refractivity contribution in [1.29, 1.82) is 0 Å². The molecule has 1 rings (SSSR count). The van der Waals surface area contributed by atoms with Crippen molar-refractivity contribution in [3.8, 4) is 0 Å². The second-order valence-corrected chi connectivity index (χ2v) is 4.52. The molecule has 1 aromatic rings. The summed E-state index contributed by atoms with van der Waals surface area (Å²) in [5, 5.41) is 7.44. The van der Waals surface area contributed by atoms with E-state index in [1.54, 1.807) is 11.3 Å². The van der Waals surface area contributed by atoms with E-state index in [0.717, 1.165) is 4.88 Å². The smallest absolute Gasteiger partial charge is 0.222 e. The normalized spacial score (nSPS) is 11.9. The Labute approximate surface area is 99.0 Å². The third-order valence-electron chi connectivity index (χ3n) is 2.07. The maximum atomic E-state index is 11.5. The standard InChI is InChI=1S/C11H16N2O2S/c1-8(10-4-3-7-16-10)13-11(15)5-6-12-9(2)14/h3-4,7-8H,5-6H2,1-2H3,(H,12,14)(H,13,15). The quantitative estimate of drug-likeness (QED) is 0.818. The van der Waals surface area contributed by atoms with E-state index in [0.29, 0.717) is 13.0 Å². The average molecular weight is 240 g/mol. The zero-order valence-corrected chi connectivity index (χ0v) is 10.3. The van der Waals surface area contributed by atoms with Crippen LogP contribution in [0.25, 0.3) is 0 Å². The minimum Gasteiger partial charge on any atom is -0.356 e. The van der Waals surface area contributed by atoms with Gasteiger partial charge in [0.15, 0.2) is 0 Å². The fourth-order valence-electron chi connectivity index (χ4n) is 1.27. The number of rotatable bonds is 5. The third-order valence-corrected chi connectivity index (χ3v) is 3.13. The van der Waals surface area contributed by atoms with Crippen LogP contribution in [0.15, 0.2) is 17.5 Å². The summed E-state index contributed by atoms with van der Waals surface area (Å²) in [6.07, 6.45) is 0.315. The first kappa shape index (κ1) is 12.7. The summed E-state index contributed by atoms with van der Waals surface area (Å²) >= 11 is 1.62. The van der Waals surface area contributed by atoms with Gasteiger partial charge in [-0.2, -0.15) is 0 Å². The molecule has 1 unspecified atom stereocenters. The van der Waals surface area contributed by atoms with Gasteiger partial charge in [-0.3, -0.25) is 9.59 Å². The molecule has 0 aliphatic carbocycles. The van der Waals surface area contributed by atoms with Gasteiger partial charge in [0.25, 0.3) is 0 Å². The maximum Gasteiger partial charge on any atom is 0.222 e. The molecule has 0 aromatic carbocycles. The van der Waals surface area contributed by atoms with Crippen LogP contribution < -0.4 is 10.6 Å². The fraction of sp³-hybridized carbons (Fsp3) is 0.455. The van der Waals surface area contributed by atoms with Gasteiger partial charge in [0, 0.05) is 24.8 Å². The SMILES string of the molecule is CC(=O)NCCC(=O)NC(C)c1cccs1. The van der Waals surface area contributed by atoms with E-state index in [1.165, 1.54) is 6.92 Å². The summed E-state index contributed by atoms with van der Waals surface area (Å²) in [6, 6.07) is 3.98. The molecule has 88 valence electrons. The van der Waals surface area contributed by atoms with Crippen LogP contribution in [-0.4, -0.2) is 18.4 Å². The molecule has 0 spiro atoms. The van der Waals surface area contributed by atoms with Crippen LogP contribution in [0.5, 0.6) is 0 Å². The molecule has 1 heterocycles. The molecular weight excluding hydrogens is 224 g/mol. The summed E-state index contributed by atoms with van der Waals surface area (Å²) < 4.78 is 0. The van der Waals surface area contributed by atoms with E-state index in [4.69, 9.17) is 0 Å². The summed E-state index contributed by atoms with van der Waals surface area (Å²) in [5.41, 5.74) is 0. The highest BCUT2D eigenvalue weighted by Crippen LogP contribution is 2.17. The van der Waals surface area contributed by atoms with Crippen LogP contribution in [0.4, 0.5) is 0 Å². The summed E-state index contributed by atoms with van der Waals surface area (Å²) in [7, 11) is 0. The number of hydrogen-bond donors (Lipinski definition) is 2. The van der Waals surface area contributed by atoms with Crippen molar-refractivity contribution < 1.29 is 9.59 Å². The van der Waals surface area contributed by atoms with E-state index in [-0.39, 0.29) is 17.9 Å². The Balaban J connectivity index is 2.26. The van der Waals surface area contributed by atoms with E-state index in [1.807, 2.05) is 24.4 Å². The van der Waals surface area contributed by atoms with Crippen molar-refractivity contribution in [1.82, 2.24) is 10.6 Å². The van der Waals surface area contributed by atoms with Gasteiger partial charge in [0.05, 0.1) is 6.04 Å². The molecule has 1 atom stereocenters. The first-order valence-electron chi connectivity index (χ1n) is 5.17. The van der Waals surface area contributed by atoms with Gasteiger partial charge in [-0.15, -0.1) is 11.3 Å². The largest absolute Gasteiger partial charge is 0.356 e. The summed E-state index contributed by atoms with van der Waals surface area (Å²) in [4.78, 5) is 23.2. The molecule has 2 amide bonds. The Morgan fingerprint density at radius 2 is 2.25 bits per heavy atom. The minimum absolute atomic E-state index is 0.0322. The third kappa shape index (κ3) is 4.44. The highest BCUT2D eigenvalue weighted by atomic mass is 32.1. The Morgan fingerprint density at radius 1 is 1.50 bits per heavy atom. The van der Waals surface area contributed by atoms with E-state index >= 15 is 0 Å². The van der Waals surface area contributed by atoms with Crippen LogP contribution in [0, 0.1) is 0 Å². The molecule has 5 heteroatoms. The molecule has 0 fully saturated rings. The van der Waals surface area contributed by atoms with E-state index in [2.05, 4.69) is 10.6 Å². The molecular formula is C11H16N2O2S. The van der Waals surface area contributed by atoms with Gasteiger partial charge in [0.1, 0.15) is 0 Å². The number of hydrogen-bond acceptors (Lipinski definition) is 3. The van der Waals surface area contributed by atoms with E-state index < -0.39 is 0 Å². The van der Waals surface area contributed by atoms with Crippen LogP contribution in [0.3, 0.4) is 0 Å². The van der Waals surface area contributed by atoms with Gasteiger partial charge in [-0.05, 0) is 18.4 Å². The molecule has 0 saturated carbocycles. The van der Waals surface area contributed by atoms with Crippen LogP contribution in [0.2, 0.25) is 0 Å². The van der Waals surface area contributed by atoms with Gasteiger partial charge in [-0.25, -0.2) is 0 Å². The average Bonchev–Trinajstić information content (AvgIpc) is 2.69. The second kappa shape index (κ2) is 6.27. The Morgan fingerprint density at radius 3 is 2.81 bits per heavy atom. The zero-order valence-electron chi connectivity index (χ0n) is 9.45. The van der Waals surface area contributed by atoms with Crippen molar-refractivity contribution in [2.24, 2.45) is 0 Å². The van der Waals surface area contributed by atoms with Crippen LogP contribution in [0.1, 0.15) is 31.2 Å². The van der Waals surface area contributed by atoms with Crippen molar-refractivity contribution in [3.05, 3.63) is 22.4 Å². The predicted molar refractivity (Wildman–Crippen MR) is 64.2 cm³/mol. The Hall–Kier alpha value is -1.36. The summed E-state index contributed by atoms with van der Waals surface area (Å²) in [6.45, 7) is 3.77. The number of nitrogens with one attached hydrogen (secondary N) is 2. The summed E-state index contributed by atoms with van der Waals surface area (Å²) in [5.74, 6) is -0.159. The minimum atomic E-state index is -0.112. The lowest BCUT2D eigenvalue weighted by Gasteiger charge is -2.12. The number of carbonyl (C=O) groups is 2. The monoisotopic (exact) mass is 240 g/mol. The lowest BCUT2D eigenvalue weighted by Crippen LogP contribution is -2.30. The Kier molecular flexibility index (Phi) is 4.98. The van der Waals surface area contributed by atoms with Crippen molar-refractivity contribution >= 4 is 23.2 Å². The molecule has 0 aliphatic heterocycles. The highest BCUT2D eigenvalue weighted by Gasteiger charge is 2.09. The molecule has 0 bridgehead atoms. The fourth-order valence-corrected chi connectivity index (χ4v) is 2.01. The van der Waals surface area contributed by atoms with Gasteiger partial charge in [0.2, 0.25) is 11.8 Å². The van der Waals surface area contributed by atoms with Crippen LogP contribution in [-0.2, 0) is 9.59 Å². The lowest BCUT2D eigenvalue weighted by molar-refractivity contribution is -0.122. The van der Waals surface area contributed by atoms with Crippen molar-refractivity contribution in [2.45, 2.75) is 26.3 Å². The first-order valence-corrected chi connectivity index (χ1v) is 6.04. The molecule has 0 saturated heterocycles. The predicted octanol–water partition coefficient (Wildman–Crippen LogP) is 1.45. The van der Waals surface area contributed by atoms with E-state index in [9.17, 15) is 9.59 Å². The Bertz CT molecular complexity index is 349. The highest BCUT2D eigenvalue weighted by molar-refractivity contribution is 7.10. The first-order chi connectivity index (χ1) is 7.59. The van der Waals surface area contributed by atoms with Crippen molar-refractivity contribution in [3.63, 3.8) is 0 Å². The maximum absolute atomic E-state index is 11.5.